The quantitative estimate of drug-likeness (QED) is 0.833. The van der Waals surface area contributed by atoms with Crippen molar-refractivity contribution in [2.24, 2.45) is 0 Å². The molecule has 0 spiro atoms. The Hall–Kier alpha value is -2.47. The fourth-order valence-corrected chi connectivity index (χ4v) is 1.82. The zero-order valence-corrected chi connectivity index (χ0v) is 11.0. The fourth-order valence-electron chi connectivity index (χ4n) is 1.82. The molecule has 0 atom stereocenters. The number of aryl methyl sites for hydroxylation is 1. The first-order valence-corrected chi connectivity index (χ1v) is 6.12. The van der Waals surface area contributed by atoms with Crippen LogP contribution in [0.1, 0.15) is 30.3 Å². The Morgan fingerprint density at radius 3 is 2.42 bits per heavy atom. The summed E-state index contributed by atoms with van der Waals surface area (Å²) in [7, 11) is 0. The van der Waals surface area contributed by atoms with Crippen LogP contribution in [0.2, 0.25) is 0 Å². The number of anilines is 1. The Bertz CT molecular complexity index is 502. The Morgan fingerprint density at radius 1 is 1.37 bits per heavy atom. The highest BCUT2D eigenvalue weighted by Gasteiger charge is 2.19. The first-order chi connectivity index (χ1) is 9.13. The predicted molar refractivity (Wildman–Crippen MR) is 70.9 cm³/mol. The molecule has 0 aliphatic rings. The van der Waals surface area contributed by atoms with E-state index >= 15 is 0 Å². The summed E-state index contributed by atoms with van der Waals surface area (Å²) in [4.78, 5) is 13.9. The molecule has 0 saturated carbocycles. The van der Waals surface area contributed by atoms with Gasteiger partial charge in [0.1, 0.15) is 5.69 Å². The maximum absolute atomic E-state index is 12.4. The fraction of sp³-hybridized carbons (Fsp3) is 0.462. The molecule has 0 aliphatic carbocycles. The summed E-state index contributed by atoms with van der Waals surface area (Å²) in [5.41, 5.74) is 6.73. The van der Waals surface area contributed by atoms with E-state index in [0.29, 0.717) is 31.0 Å². The maximum Gasteiger partial charge on any atom is 0.270 e. The van der Waals surface area contributed by atoms with Gasteiger partial charge in [-0.3, -0.25) is 4.79 Å². The van der Waals surface area contributed by atoms with Crippen LogP contribution in [0, 0.1) is 22.7 Å². The second kappa shape index (κ2) is 7.07. The van der Waals surface area contributed by atoms with Gasteiger partial charge in [0.25, 0.3) is 5.91 Å². The zero-order valence-electron chi connectivity index (χ0n) is 11.0. The van der Waals surface area contributed by atoms with Crippen molar-refractivity contribution in [1.82, 2.24) is 9.47 Å². The van der Waals surface area contributed by atoms with Crippen molar-refractivity contribution in [3.05, 3.63) is 18.0 Å². The van der Waals surface area contributed by atoms with E-state index in [-0.39, 0.29) is 18.7 Å². The number of carbonyl (C=O) groups is 1. The van der Waals surface area contributed by atoms with Crippen LogP contribution in [0.25, 0.3) is 0 Å². The lowest BCUT2D eigenvalue weighted by molar-refractivity contribution is 0.0752. The summed E-state index contributed by atoms with van der Waals surface area (Å²) in [6.07, 6.45) is 2.21. The largest absolute Gasteiger partial charge is 0.397 e. The molecular formula is C13H17N5O. The van der Waals surface area contributed by atoms with Crippen LogP contribution in [-0.2, 0) is 6.54 Å². The van der Waals surface area contributed by atoms with E-state index in [1.165, 1.54) is 4.90 Å². The van der Waals surface area contributed by atoms with Gasteiger partial charge >= 0.3 is 0 Å². The lowest BCUT2D eigenvalue weighted by Gasteiger charge is -2.20. The minimum Gasteiger partial charge on any atom is -0.397 e. The van der Waals surface area contributed by atoms with Crippen molar-refractivity contribution in [3.63, 3.8) is 0 Å². The number of aromatic nitrogens is 1. The molecule has 1 rings (SSSR count). The topological polar surface area (TPSA) is 98.8 Å². The van der Waals surface area contributed by atoms with E-state index in [2.05, 4.69) is 0 Å². The van der Waals surface area contributed by atoms with Crippen LogP contribution in [0.4, 0.5) is 5.69 Å². The smallest absolute Gasteiger partial charge is 0.270 e. The van der Waals surface area contributed by atoms with Gasteiger partial charge in [-0.25, -0.2) is 0 Å². The summed E-state index contributed by atoms with van der Waals surface area (Å²) in [6.45, 7) is 3.21. The van der Waals surface area contributed by atoms with Gasteiger partial charge in [-0.15, -0.1) is 0 Å². The number of nitrogen functional groups attached to an aromatic ring is 1. The highest BCUT2D eigenvalue weighted by atomic mass is 16.2. The summed E-state index contributed by atoms with van der Waals surface area (Å²) < 4.78 is 1.77. The number of amides is 1. The minimum atomic E-state index is -0.191. The normalized spacial score (nSPS) is 9.63. The first kappa shape index (κ1) is 14.6. The Balaban J connectivity index is 2.91. The lowest BCUT2D eigenvalue weighted by atomic mass is 10.3. The van der Waals surface area contributed by atoms with Crippen LogP contribution in [0.5, 0.6) is 0 Å². The van der Waals surface area contributed by atoms with Crippen LogP contribution in [0.15, 0.2) is 12.3 Å². The molecule has 1 amide bonds. The molecule has 0 radical (unpaired) electrons. The van der Waals surface area contributed by atoms with E-state index in [1.54, 1.807) is 16.8 Å². The highest BCUT2D eigenvalue weighted by molar-refractivity contribution is 5.93. The number of nitriles is 2. The van der Waals surface area contributed by atoms with Crippen LogP contribution < -0.4 is 5.73 Å². The number of nitrogens with two attached hydrogens (primary N) is 1. The van der Waals surface area contributed by atoms with Crippen molar-refractivity contribution >= 4 is 11.6 Å². The van der Waals surface area contributed by atoms with Crippen LogP contribution >= 0.6 is 0 Å². The molecule has 0 unspecified atom stereocenters. The monoisotopic (exact) mass is 259 g/mol. The van der Waals surface area contributed by atoms with E-state index < -0.39 is 0 Å². The van der Waals surface area contributed by atoms with Gasteiger partial charge in [-0.05, 0) is 13.0 Å². The van der Waals surface area contributed by atoms with Crippen LogP contribution in [0.3, 0.4) is 0 Å². The van der Waals surface area contributed by atoms with Crippen molar-refractivity contribution in [2.75, 3.05) is 18.8 Å². The summed E-state index contributed by atoms with van der Waals surface area (Å²) in [5.74, 6) is -0.191. The molecule has 0 fully saturated rings. The van der Waals surface area contributed by atoms with Gasteiger partial charge in [0.05, 0.1) is 30.7 Å². The van der Waals surface area contributed by atoms with Crippen molar-refractivity contribution in [2.45, 2.75) is 26.3 Å². The molecule has 1 heterocycles. The molecular weight excluding hydrogens is 242 g/mol. The Morgan fingerprint density at radius 2 is 1.95 bits per heavy atom. The van der Waals surface area contributed by atoms with Gasteiger partial charge in [0, 0.05) is 25.8 Å². The average molecular weight is 259 g/mol. The number of hydrogen-bond acceptors (Lipinski definition) is 4. The lowest BCUT2D eigenvalue weighted by Crippen LogP contribution is -2.34. The minimum absolute atomic E-state index is 0.191. The molecule has 0 bridgehead atoms. The number of rotatable bonds is 6. The Labute approximate surface area is 112 Å². The van der Waals surface area contributed by atoms with E-state index in [1.807, 2.05) is 19.1 Å². The molecule has 0 aliphatic heterocycles. The first-order valence-electron chi connectivity index (χ1n) is 6.12. The molecule has 6 heteroatoms. The Kier molecular flexibility index (Phi) is 5.43. The summed E-state index contributed by atoms with van der Waals surface area (Å²) >= 11 is 0. The third kappa shape index (κ3) is 3.75. The molecule has 2 N–H and O–H groups in total. The van der Waals surface area contributed by atoms with Crippen molar-refractivity contribution in [3.8, 4) is 12.1 Å². The second-order valence-electron chi connectivity index (χ2n) is 4.05. The molecule has 19 heavy (non-hydrogen) atoms. The van der Waals surface area contributed by atoms with Crippen molar-refractivity contribution < 1.29 is 4.79 Å². The number of hydrogen-bond donors (Lipinski definition) is 1. The summed E-state index contributed by atoms with van der Waals surface area (Å²) in [5, 5.41) is 17.2. The molecule has 1 aromatic rings. The van der Waals surface area contributed by atoms with Crippen LogP contribution in [-0.4, -0.2) is 28.5 Å². The van der Waals surface area contributed by atoms with E-state index in [4.69, 9.17) is 16.3 Å². The number of nitrogens with zero attached hydrogens (tertiary/aromatic N) is 4. The molecule has 6 nitrogen and oxygen atoms in total. The molecule has 1 aromatic heterocycles. The predicted octanol–water partition coefficient (Wildman–Crippen LogP) is 1.36. The highest BCUT2D eigenvalue weighted by Crippen LogP contribution is 2.13. The molecule has 0 aromatic carbocycles. The third-order valence-corrected chi connectivity index (χ3v) is 2.75. The van der Waals surface area contributed by atoms with Gasteiger partial charge in [0.15, 0.2) is 0 Å². The van der Waals surface area contributed by atoms with Gasteiger partial charge in [-0.1, -0.05) is 0 Å². The van der Waals surface area contributed by atoms with Gasteiger partial charge in [-0.2, -0.15) is 10.5 Å². The molecule has 100 valence electrons. The maximum atomic E-state index is 12.4. The van der Waals surface area contributed by atoms with E-state index in [9.17, 15) is 4.79 Å². The third-order valence-electron chi connectivity index (χ3n) is 2.75. The zero-order chi connectivity index (χ0) is 14.3. The molecule has 0 saturated heterocycles. The van der Waals surface area contributed by atoms with Crippen molar-refractivity contribution in [1.29, 1.82) is 10.5 Å². The van der Waals surface area contributed by atoms with Gasteiger partial charge in [0.2, 0.25) is 0 Å². The SMILES string of the molecule is CCn1cc(N)cc1C(=O)N(CCC#N)CCC#N. The number of carbonyl (C=O) groups excluding carboxylic acids is 1. The summed E-state index contributed by atoms with van der Waals surface area (Å²) in [6, 6.07) is 5.64. The standard InChI is InChI=1S/C13H17N5O/c1-2-17-10-11(16)9-12(17)13(19)18(7-3-5-14)8-4-6-15/h9-10H,2-4,7-8,16H2,1H3. The average Bonchev–Trinajstić information content (AvgIpc) is 2.79. The van der Waals surface area contributed by atoms with Gasteiger partial charge < -0.3 is 15.2 Å². The second-order valence-corrected chi connectivity index (χ2v) is 4.05. The van der Waals surface area contributed by atoms with E-state index in [0.717, 1.165) is 0 Å².